The molecule has 5 rings (SSSR count). The number of halogens is 1. The number of pyridine rings is 1. The monoisotopic (exact) mass is 379 g/mol. The molecule has 0 bridgehead atoms. The summed E-state index contributed by atoms with van der Waals surface area (Å²) in [4.78, 5) is 18.0. The van der Waals surface area contributed by atoms with Crippen LogP contribution >= 0.6 is 0 Å². The Morgan fingerprint density at radius 2 is 2.04 bits per heavy atom. The molecular formula is C21H22FN5O. The number of rotatable bonds is 2. The Morgan fingerprint density at radius 1 is 1.11 bits per heavy atom. The number of anilines is 2. The number of fused-ring (bicyclic) bond motifs is 2. The average Bonchev–Trinajstić information content (AvgIpc) is 2.72. The summed E-state index contributed by atoms with van der Waals surface area (Å²) < 4.78 is 19.5. The van der Waals surface area contributed by atoms with E-state index in [9.17, 15) is 4.39 Å². The molecule has 2 aliphatic rings. The molecule has 2 aromatic heterocycles. The number of morpholine rings is 1. The van der Waals surface area contributed by atoms with Crippen LogP contribution < -0.4 is 9.80 Å². The molecule has 0 aliphatic carbocycles. The van der Waals surface area contributed by atoms with Gasteiger partial charge in [-0.2, -0.15) is 0 Å². The Labute approximate surface area is 163 Å². The second-order valence-electron chi connectivity index (χ2n) is 7.46. The predicted molar refractivity (Wildman–Crippen MR) is 106 cm³/mol. The highest BCUT2D eigenvalue weighted by Gasteiger charge is 2.23. The zero-order chi connectivity index (χ0) is 19.1. The minimum atomic E-state index is -0.272. The number of aromatic nitrogens is 3. The van der Waals surface area contributed by atoms with Crippen LogP contribution in [0.1, 0.15) is 18.2 Å². The van der Waals surface area contributed by atoms with Crippen molar-refractivity contribution >= 4 is 22.4 Å². The molecule has 0 saturated carbocycles. The van der Waals surface area contributed by atoms with Crippen molar-refractivity contribution in [2.24, 2.45) is 0 Å². The fraction of sp³-hybridized carbons (Fsp3) is 0.381. The largest absolute Gasteiger partial charge is 0.375 e. The fourth-order valence-electron chi connectivity index (χ4n) is 4.09. The van der Waals surface area contributed by atoms with Gasteiger partial charge in [0.25, 0.3) is 0 Å². The normalized spacial score (nSPS) is 19.7. The van der Waals surface area contributed by atoms with E-state index in [4.69, 9.17) is 9.72 Å². The lowest BCUT2D eigenvalue weighted by Crippen LogP contribution is -2.41. The third-order valence-corrected chi connectivity index (χ3v) is 5.51. The Bertz CT molecular complexity index is 1030. The molecule has 0 amide bonds. The van der Waals surface area contributed by atoms with E-state index in [2.05, 4.69) is 32.8 Å². The minimum Gasteiger partial charge on any atom is -0.375 e. The zero-order valence-electron chi connectivity index (χ0n) is 15.8. The van der Waals surface area contributed by atoms with Crippen LogP contribution in [0.15, 0.2) is 36.8 Å². The molecule has 4 heterocycles. The highest BCUT2D eigenvalue weighted by atomic mass is 19.1. The van der Waals surface area contributed by atoms with Gasteiger partial charge in [0, 0.05) is 43.7 Å². The SMILES string of the molecule is C[C@@H]1CN(c2cnc3c(c2)CN(c2ncnc4ccc(F)cc24)CC3)CCO1. The van der Waals surface area contributed by atoms with E-state index in [0.29, 0.717) is 6.54 Å². The summed E-state index contributed by atoms with van der Waals surface area (Å²) >= 11 is 0. The van der Waals surface area contributed by atoms with Crippen molar-refractivity contribution in [2.75, 3.05) is 36.0 Å². The molecule has 28 heavy (non-hydrogen) atoms. The van der Waals surface area contributed by atoms with Gasteiger partial charge in [-0.25, -0.2) is 14.4 Å². The smallest absolute Gasteiger partial charge is 0.140 e. The van der Waals surface area contributed by atoms with Crippen LogP contribution in [0.3, 0.4) is 0 Å². The lowest BCUT2D eigenvalue weighted by Gasteiger charge is -2.34. The summed E-state index contributed by atoms with van der Waals surface area (Å²) in [6.07, 6.45) is 4.59. The van der Waals surface area contributed by atoms with Gasteiger partial charge in [0.1, 0.15) is 18.0 Å². The van der Waals surface area contributed by atoms with Crippen LogP contribution in [0.5, 0.6) is 0 Å². The lowest BCUT2D eigenvalue weighted by molar-refractivity contribution is 0.0532. The molecule has 1 fully saturated rings. The second-order valence-corrected chi connectivity index (χ2v) is 7.46. The predicted octanol–water partition coefficient (Wildman–Crippen LogP) is 2.95. The first kappa shape index (κ1) is 17.3. The van der Waals surface area contributed by atoms with Gasteiger partial charge < -0.3 is 14.5 Å². The molecule has 2 aliphatic heterocycles. The maximum Gasteiger partial charge on any atom is 0.140 e. The number of nitrogens with zero attached hydrogens (tertiary/aromatic N) is 5. The van der Waals surface area contributed by atoms with Crippen LogP contribution in [0.4, 0.5) is 15.9 Å². The van der Waals surface area contributed by atoms with Crippen molar-refractivity contribution in [1.82, 2.24) is 15.0 Å². The van der Waals surface area contributed by atoms with E-state index in [1.807, 2.05) is 6.20 Å². The lowest BCUT2D eigenvalue weighted by atomic mass is 10.0. The average molecular weight is 379 g/mol. The maximum absolute atomic E-state index is 13.8. The first-order valence-corrected chi connectivity index (χ1v) is 9.67. The Balaban J connectivity index is 1.46. The van der Waals surface area contributed by atoms with Crippen LogP contribution in [-0.2, 0) is 17.7 Å². The van der Waals surface area contributed by atoms with Crippen molar-refractivity contribution in [3.8, 4) is 0 Å². The third kappa shape index (κ3) is 3.16. The van der Waals surface area contributed by atoms with E-state index in [1.165, 1.54) is 17.7 Å². The number of ether oxygens (including phenoxy) is 1. The summed E-state index contributed by atoms with van der Waals surface area (Å²) in [6, 6.07) is 6.89. The molecule has 0 N–H and O–H groups in total. The van der Waals surface area contributed by atoms with Crippen LogP contribution in [0.25, 0.3) is 10.9 Å². The Morgan fingerprint density at radius 3 is 2.93 bits per heavy atom. The van der Waals surface area contributed by atoms with Gasteiger partial charge in [-0.1, -0.05) is 0 Å². The molecule has 1 atom stereocenters. The molecule has 6 nitrogen and oxygen atoms in total. The Kier molecular flexibility index (Phi) is 4.31. The van der Waals surface area contributed by atoms with Gasteiger partial charge in [-0.3, -0.25) is 4.98 Å². The fourth-order valence-corrected chi connectivity index (χ4v) is 4.09. The van der Waals surface area contributed by atoms with E-state index in [-0.39, 0.29) is 11.9 Å². The van der Waals surface area contributed by atoms with Gasteiger partial charge >= 0.3 is 0 Å². The Hall–Kier alpha value is -2.80. The van der Waals surface area contributed by atoms with E-state index < -0.39 is 0 Å². The van der Waals surface area contributed by atoms with Crippen LogP contribution in [-0.4, -0.2) is 47.3 Å². The zero-order valence-corrected chi connectivity index (χ0v) is 15.8. The molecule has 7 heteroatoms. The third-order valence-electron chi connectivity index (χ3n) is 5.51. The van der Waals surface area contributed by atoms with Crippen molar-refractivity contribution in [3.05, 3.63) is 53.9 Å². The number of hydrogen-bond donors (Lipinski definition) is 0. The molecule has 0 spiro atoms. The molecule has 1 saturated heterocycles. The highest BCUT2D eigenvalue weighted by Crippen LogP contribution is 2.30. The molecule has 3 aromatic rings. The van der Waals surface area contributed by atoms with Gasteiger partial charge in [-0.05, 0) is 36.8 Å². The minimum absolute atomic E-state index is 0.226. The van der Waals surface area contributed by atoms with E-state index in [0.717, 1.165) is 60.8 Å². The summed E-state index contributed by atoms with van der Waals surface area (Å²) in [5, 5.41) is 0.747. The second kappa shape index (κ2) is 6.98. The summed E-state index contributed by atoms with van der Waals surface area (Å²) in [6.45, 7) is 6.10. The molecule has 1 aromatic carbocycles. The van der Waals surface area contributed by atoms with E-state index in [1.54, 1.807) is 12.4 Å². The van der Waals surface area contributed by atoms with Crippen molar-refractivity contribution < 1.29 is 9.13 Å². The van der Waals surface area contributed by atoms with Crippen molar-refractivity contribution in [1.29, 1.82) is 0 Å². The first-order chi connectivity index (χ1) is 13.7. The van der Waals surface area contributed by atoms with Gasteiger partial charge in [0.15, 0.2) is 0 Å². The quantitative estimate of drug-likeness (QED) is 0.682. The maximum atomic E-state index is 13.8. The van der Waals surface area contributed by atoms with Gasteiger partial charge in [-0.15, -0.1) is 0 Å². The van der Waals surface area contributed by atoms with E-state index >= 15 is 0 Å². The molecule has 0 radical (unpaired) electrons. The standard InChI is InChI=1S/C21H22FN5O/c1-14-11-26(6-7-28-14)17-8-15-12-27(5-4-19(15)23-10-17)21-18-9-16(22)2-3-20(18)24-13-25-21/h2-3,8-10,13-14H,4-7,11-12H2,1H3/t14-/m1/s1. The van der Waals surface area contributed by atoms with Crippen LogP contribution in [0.2, 0.25) is 0 Å². The van der Waals surface area contributed by atoms with Gasteiger partial charge in [0.2, 0.25) is 0 Å². The van der Waals surface area contributed by atoms with Crippen molar-refractivity contribution in [2.45, 2.75) is 26.0 Å². The summed E-state index contributed by atoms with van der Waals surface area (Å²) in [5.41, 5.74) is 4.22. The molecule has 144 valence electrons. The van der Waals surface area contributed by atoms with Gasteiger partial charge in [0.05, 0.1) is 30.1 Å². The summed E-state index contributed by atoms with van der Waals surface area (Å²) in [7, 11) is 0. The number of hydrogen-bond acceptors (Lipinski definition) is 6. The summed E-state index contributed by atoms with van der Waals surface area (Å²) in [5.74, 6) is 0.506. The highest BCUT2D eigenvalue weighted by molar-refractivity contribution is 5.89. The molecular weight excluding hydrogens is 357 g/mol. The number of benzene rings is 1. The van der Waals surface area contributed by atoms with Crippen molar-refractivity contribution in [3.63, 3.8) is 0 Å². The van der Waals surface area contributed by atoms with Crippen LogP contribution in [0, 0.1) is 5.82 Å². The topological polar surface area (TPSA) is 54.4 Å². The molecule has 0 unspecified atom stereocenters. The first-order valence-electron chi connectivity index (χ1n) is 9.67.